The number of rotatable bonds is 1. The summed E-state index contributed by atoms with van der Waals surface area (Å²) >= 11 is 6.45. The number of hydrogen-bond acceptors (Lipinski definition) is 3. The van der Waals surface area contributed by atoms with E-state index in [1.54, 1.807) is 11.3 Å². The van der Waals surface area contributed by atoms with E-state index in [1.165, 1.54) is 4.88 Å². The van der Waals surface area contributed by atoms with Gasteiger partial charge >= 0.3 is 0 Å². The van der Waals surface area contributed by atoms with Gasteiger partial charge < -0.3 is 4.98 Å². The number of H-pyrrole nitrogens is 2. The summed E-state index contributed by atoms with van der Waals surface area (Å²) in [5.41, 5.74) is -0.102. The van der Waals surface area contributed by atoms with Gasteiger partial charge in [-0.1, -0.05) is 6.92 Å². The van der Waals surface area contributed by atoms with Crippen LogP contribution in [0.25, 0.3) is 10.2 Å². The van der Waals surface area contributed by atoms with E-state index in [-0.39, 0.29) is 5.56 Å². The van der Waals surface area contributed by atoms with E-state index in [4.69, 9.17) is 12.2 Å². The Balaban J connectivity index is 2.91. The van der Waals surface area contributed by atoms with E-state index in [0.29, 0.717) is 10.2 Å². The smallest absolute Gasteiger partial charge is 0.260 e. The maximum absolute atomic E-state index is 11.4. The van der Waals surface area contributed by atoms with Crippen LogP contribution in [0.5, 0.6) is 0 Å². The van der Waals surface area contributed by atoms with Crippen molar-refractivity contribution in [2.75, 3.05) is 0 Å². The van der Waals surface area contributed by atoms with Crippen LogP contribution < -0.4 is 5.56 Å². The van der Waals surface area contributed by atoms with Gasteiger partial charge in [0.05, 0.1) is 5.39 Å². The first-order valence-electron chi connectivity index (χ1n) is 3.95. The van der Waals surface area contributed by atoms with Crippen molar-refractivity contribution in [3.8, 4) is 0 Å². The lowest BCUT2D eigenvalue weighted by Gasteiger charge is -1.86. The van der Waals surface area contributed by atoms with Crippen LogP contribution in [-0.2, 0) is 6.42 Å². The SMILES string of the molecule is CCc1cc2c(=O)[nH]c(=S)[nH]c2s1. The van der Waals surface area contributed by atoms with Crippen molar-refractivity contribution in [2.24, 2.45) is 0 Å². The quantitative estimate of drug-likeness (QED) is 0.712. The summed E-state index contributed by atoms with van der Waals surface area (Å²) in [6.45, 7) is 2.06. The van der Waals surface area contributed by atoms with E-state index in [9.17, 15) is 4.79 Å². The molecule has 2 aromatic heterocycles. The van der Waals surface area contributed by atoms with Gasteiger partial charge in [-0.15, -0.1) is 11.3 Å². The Morgan fingerprint density at radius 2 is 2.31 bits per heavy atom. The Labute approximate surface area is 83.4 Å². The highest BCUT2D eigenvalue weighted by molar-refractivity contribution is 7.71. The molecule has 3 nitrogen and oxygen atoms in total. The second-order valence-corrected chi connectivity index (χ2v) is 4.26. The normalized spacial score (nSPS) is 10.8. The lowest BCUT2D eigenvalue weighted by molar-refractivity contribution is 1.15. The summed E-state index contributed by atoms with van der Waals surface area (Å²) < 4.78 is 0.391. The molecular formula is C8H8N2OS2. The zero-order chi connectivity index (χ0) is 9.42. The Hall–Kier alpha value is -0.940. The van der Waals surface area contributed by atoms with Gasteiger partial charge in [-0.2, -0.15) is 0 Å². The van der Waals surface area contributed by atoms with Gasteiger partial charge in [0, 0.05) is 4.88 Å². The fourth-order valence-electron chi connectivity index (χ4n) is 1.18. The van der Waals surface area contributed by atoms with Crippen molar-refractivity contribution < 1.29 is 0 Å². The largest absolute Gasteiger partial charge is 0.323 e. The van der Waals surface area contributed by atoms with Crippen molar-refractivity contribution in [3.05, 3.63) is 26.1 Å². The molecule has 0 aliphatic rings. The van der Waals surface area contributed by atoms with Crippen LogP contribution in [0.2, 0.25) is 0 Å². The third-order valence-electron chi connectivity index (χ3n) is 1.83. The number of hydrogen-bond donors (Lipinski definition) is 2. The number of fused-ring (bicyclic) bond motifs is 1. The van der Waals surface area contributed by atoms with Crippen LogP contribution in [-0.4, -0.2) is 9.97 Å². The van der Waals surface area contributed by atoms with Crippen LogP contribution >= 0.6 is 23.6 Å². The molecule has 0 saturated heterocycles. The van der Waals surface area contributed by atoms with Crippen LogP contribution in [0.15, 0.2) is 10.9 Å². The Morgan fingerprint density at radius 3 is 3.00 bits per heavy atom. The maximum Gasteiger partial charge on any atom is 0.260 e. The molecule has 68 valence electrons. The van der Waals surface area contributed by atoms with Crippen LogP contribution in [0.3, 0.4) is 0 Å². The predicted molar refractivity (Wildman–Crippen MR) is 57.0 cm³/mol. The molecule has 2 heterocycles. The van der Waals surface area contributed by atoms with Crippen molar-refractivity contribution >= 4 is 33.8 Å². The fraction of sp³-hybridized carbons (Fsp3) is 0.250. The summed E-state index contributed by atoms with van der Waals surface area (Å²) in [5, 5.41) is 0.704. The van der Waals surface area contributed by atoms with Crippen LogP contribution in [0.4, 0.5) is 0 Å². The van der Waals surface area contributed by atoms with Crippen molar-refractivity contribution in [3.63, 3.8) is 0 Å². The van der Waals surface area contributed by atoms with Gasteiger partial charge in [0.15, 0.2) is 4.77 Å². The Bertz CT molecular complexity index is 549. The predicted octanol–water partition coefficient (Wildman–Crippen LogP) is 2.21. The van der Waals surface area contributed by atoms with Gasteiger partial charge in [-0.3, -0.25) is 9.78 Å². The van der Waals surface area contributed by atoms with Gasteiger partial charge in [0.25, 0.3) is 5.56 Å². The second-order valence-electron chi connectivity index (χ2n) is 2.72. The zero-order valence-electron chi connectivity index (χ0n) is 7.01. The molecule has 0 amide bonds. The molecule has 2 rings (SSSR count). The Morgan fingerprint density at radius 1 is 1.54 bits per heavy atom. The highest BCUT2D eigenvalue weighted by Gasteiger charge is 2.03. The Kier molecular flexibility index (Phi) is 2.05. The van der Waals surface area contributed by atoms with E-state index < -0.39 is 0 Å². The molecule has 0 spiro atoms. The van der Waals surface area contributed by atoms with Gasteiger partial charge in [-0.05, 0) is 24.7 Å². The monoisotopic (exact) mass is 212 g/mol. The van der Waals surface area contributed by atoms with Gasteiger partial charge in [0.2, 0.25) is 0 Å². The molecule has 0 fully saturated rings. The van der Waals surface area contributed by atoms with Crippen LogP contribution in [0.1, 0.15) is 11.8 Å². The first kappa shape index (κ1) is 8.65. The molecule has 0 unspecified atom stereocenters. The van der Waals surface area contributed by atoms with Gasteiger partial charge in [0.1, 0.15) is 4.83 Å². The van der Waals surface area contributed by atoms with E-state index in [2.05, 4.69) is 16.9 Å². The summed E-state index contributed by atoms with van der Waals surface area (Å²) in [7, 11) is 0. The molecule has 5 heteroatoms. The van der Waals surface area contributed by atoms with E-state index >= 15 is 0 Å². The minimum atomic E-state index is -0.102. The number of aromatic amines is 2. The minimum Gasteiger partial charge on any atom is -0.323 e. The van der Waals surface area contributed by atoms with Crippen molar-refractivity contribution in [1.29, 1.82) is 0 Å². The van der Waals surface area contributed by atoms with Gasteiger partial charge in [-0.25, -0.2) is 0 Å². The molecule has 2 aromatic rings. The summed E-state index contributed by atoms with van der Waals surface area (Å²) in [6, 6.07) is 1.91. The van der Waals surface area contributed by atoms with E-state index in [1.807, 2.05) is 6.07 Å². The lowest BCUT2D eigenvalue weighted by Crippen LogP contribution is -2.05. The zero-order valence-corrected chi connectivity index (χ0v) is 8.64. The van der Waals surface area contributed by atoms with E-state index in [0.717, 1.165) is 11.3 Å². The number of nitrogens with one attached hydrogen (secondary N) is 2. The number of aromatic nitrogens is 2. The average molecular weight is 212 g/mol. The highest BCUT2D eigenvalue weighted by atomic mass is 32.1. The molecule has 0 radical (unpaired) electrons. The molecule has 2 N–H and O–H groups in total. The summed E-state index contributed by atoms with van der Waals surface area (Å²) in [5.74, 6) is 0. The third-order valence-corrected chi connectivity index (χ3v) is 3.23. The third kappa shape index (κ3) is 1.45. The molecule has 0 saturated carbocycles. The number of thiophene rings is 1. The number of aryl methyl sites for hydroxylation is 1. The molecule has 0 atom stereocenters. The molecule has 0 aliphatic carbocycles. The second kappa shape index (κ2) is 3.08. The molecule has 13 heavy (non-hydrogen) atoms. The standard InChI is InChI=1S/C8H8N2OS2/c1-2-4-3-5-6(11)9-8(12)10-7(5)13-4/h3H,2H2,1H3,(H2,9,10,11,12). The average Bonchev–Trinajstić information content (AvgIpc) is 2.47. The summed E-state index contributed by atoms with van der Waals surface area (Å²) in [6.07, 6.45) is 0.944. The topological polar surface area (TPSA) is 48.6 Å². The highest BCUT2D eigenvalue weighted by Crippen LogP contribution is 2.20. The van der Waals surface area contributed by atoms with Crippen molar-refractivity contribution in [1.82, 2.24) is 9.97 Å². The maximum atomic E-state index is 11.4. The fourth-order valence-corrected chi connectivity index (χ4v) is 2.44. The van der Waals surface area contributed by atoms with Crippen molar-refractivity contribution in [2.45, 2.75) is 13.3 Å². The molecular weight excluding hydrogens is 204 g/mol. The first-order valence-corrected chi connectivity index (χ1v) is 5.18. The lowest BCUT2D eigenvalue weighted by atomic mass is 10.3. The summed E-state index contributed by atoms with van der Waals surface area (Å²) in [4.78, 5) is 19.0. The minimum absolute atomic E-state index is 0.102. The molecule has 0 aliphatic heterocycles. The molecule has 0 aromatic carbocycles. The molecule has 0 bridgehead atoms. The van der Waals surface area contributed by atoms with Crippen LogP contribution in [0, 0.1) is 4.77 Å². The first-order chi connectivity index (χ1) is 6.20.